The highest BCUT2D eigenvalue weighted by Gasteiger charge is 2.35. The van der Waals surface area contributed by atoms with Crippen molar-refractivity contribution in [2.75, 3.05) is 6.54 Å². The Kier molecular flexibility index (Phi) is 6.23. The van der Waals surface area contributed by atoms with E-state index in [0.717, 1.165) is 43.5 Å². The SMILES string of the molecule is CCN(Cc1cnc(S(=O)(=O)Cc2cccc(C(F)(F)F)c2)n1C1CC1)C(=S)NC1CC1. The topological polar surface area (TPSA) is 67.2 Å². The second-order valence-corrected chi connectivity index (χ2v) is 10.6. The molecule has 2 saturated carbocycles. The maximum Gasteiger partial charge on any atom is 0.416 e. The third-order valence-corrected chi connectivity index (χ3v) is 7.52. The zero-order chi connectivity index (χ0) is 23.1. The van der Waals surface area contributed by atoms with Crippen molar-refractivity contribution in [2.24, 2.45) is 0 Å². The first-order chi connectivity index (χ1) is 15.1. The second-order valence-electron chi connectivity index (χ2n) is 8.33. The van der Waals surface area contributed by atoms with E-state index < -0.39 is 27.3 Å². The van der Waals surface area contributed by atoms with Gasteiger partial charge in [-0.1, -0.05) is 18.2 Å². The minimum atomic E-state index is -4.53. The monoisotopic (exact) mass is 486 g/mol. The molecule has 0 spiro atoms. The lowest BCUT2D eigenvalue weighted by Gasteiger charge is -2.25. The van der Waals surface area contributed by atoms with E-state index >= 15 is 0 Å². The fraction of sp³-hybridized carbons (Fsp3) is 0.524. The van der Waals surface area contributed by atoms with Gasteiger partial charge in [0.05, 0.1) is 29.8 Å². The summed E-state index contributed by atoms with van der Waals surface area (Å²) in [5.41, 5.74) is -0.0553. The normalized spacial score (nSPS) is 16.8. The summed E-state index contributed by atoms with van der Waals surface area (Å²) in [6.07, 6.45) is 0.875. The van der Waals surface area contributed by atoms with Gasteiger partial charge < -0.3 is 14.8 Å². The Morgan fingerprint density at radius 2 is 2.00 bits per heavy atom. The highest BCUT2D eigenvalue weighted by molar-refractivity contribution is 7.90. The van der Waals surface area contributed by atoms with Crippen LogP contribution in [0.4, 0.5) is 13.2 Å². The molecule has 174 valence electrons. The van der Waals surface area contributed by atoms with Crippen molar-refractivity contribution in [2.45, 2.75) is 68.3 Å². The molecule has 0 atom stereocenters. The Bertz CT molecular complexity index is 1110. The smallest absolute Gasteiger partial charge is 0.360 e. The van der Waals surface area contributed by atoms with Gasteiger partial charge in [0, 0.05) is 18.6 Å². The van der Waals surface area contributed by atoms with Gasteiger partial charge in [0.2, 0.25) is 15.0 Å². The van der Waals surface area contributed by atoms with Crippen LogP contribution in [-0.2, 0) is 28.3 Å². The fourth-order valence-corrected chi connectivity index (χ4v) is 5.47. The summed E-state index contributed by atoms with van der Waals surface area (Å²) in [7, 11) is -3.94. The van der Waals surface area contributed by atoms with Crippen LogP contribution in [0.15, 0.2) is 35.6 Å². The molecular weight excluding hydrogens is 461 g/mol. The lowest BCUT2D eigenvalue weighted by Crippen LogP contribution is -2.40. The second kappa shape index (κ2) is 8.66. The Morgan fingerprint density at radius 1 is 1.28 bits per heavy atom. The van der Waals surface area contributed by atoms with Gasteiger partial charge in [-0.15, -0.1) is 0 Å². The van der Waals surface area contributed by atoms with Crippen molar-refractivity contribution in [3.8, 4) is 0 Å². The number of imidazole rings is 1. The van der Waals surface area contributed by atoms with E-state index in [1.807, 2.05) is 11.8 Å². The first-order valence-electron chi connectivity index (χ1n) is 10.6. The van der Waals surface area contributed by atoms with Crippen molar-refractivity contribution < 1.29 is 21.6 Å². The third kappa shape index (κ3) is 5.25. The predicted molar refractivity (Wildman–Crippen MR) is 118 cm³/mol. The van der Waals surface area contributed by atoms with Gasteiger partial charge in [-0.2, -0.15) is 13.2 Å². The number of rotatable bonds is 8. The van der Waals surface area contributed by atoms with Gasteiger partial charge in [-0.05, 0) is 56.5 Å². The minimum Gasteiger partial charge on any atom is -0.360 e. The van der Waals surface area contributed by atoms with E-state index in [1.165, 1.54) is 12.1 Å². The van der Waals surface area contributed by atoms with E-state index in [2.05, 4.69) is 10.3 Å². The van der Waals surface area contributed by atoms with Crippen LogP contribution in [0.1, 0.15) is 55.5 Å². The lowest BCUT2D eigenvalue weighted by atomic mass is 10.1. The first kappa shape index (κ1) is 23.0. The molecule has 4 rings (SSSR count). The number of hydrogen-bond acceptors (Lipinski definition) is 4. The van der Waals surface area contributed by atoms with Crippen molar-refractivity contribution >= 4 is 27.2 Å². The average Bonchev–Trinajstić information content (AvgIpc) is 3.65. The number of sulfone groups is 1. The van der Waals surface area contributed by atoms with Crippen molar-refractivity contribution in [3.63, 3.8) is 0 Å². The quantitative estimate of drug-likeness (QED) is 0.568. The molecule has 2 aromatic rings. The standard InChI is InChI=1S/C21H25F3N4O2S2/c1-2-27(19(31)26-16-6-7-16)12-18-11-25-20(28(18)17-8-9-17)32(29,30)13-14-4-3-5-15(10-14)21(22,23)24/h3-5,10-11,16-17H,2,6-9,12-13H2,1H3,(H,26,31). The number of hydrogen-bond donors (Lipinski definition) is 1. The molecule has 0 bridgehead atoms. The van der Waals surface area contributed by atoms with Crippen LogP contribution in [0, 0.1) is 0 Å². The predicted octanol–water partition coefficient (Wildman–Crippen LogP) is 4.07. The summed E-state index contributed by atoms with van der Waals surface area (Å²) >= 11 is 5.50. The molecule has 2 aliphatic rings. The molecule has 0 unspecified atom stereocenters. The van der Waals surface area contributed by atoms with Crippen molar-refractivity contribution in [1.82, 2.24) is 19.8 Å². The van der Waals surface area contributed by atoms with Crippen molar-refractivity contribution in [3.05, 3.63) is 47.3 Å². The third-order valence-electron chi connectivity index (χ3n) is 5.57. The van der Waals surface area contributed by atoms with Gasteiger partial charge in [-0.3, -0.25) is 0 Å². The van der Waals surface area contributed by atoms with Crippen LogP contribution in [0.25, 0.3) is 0 Å². The molecular formula is C21H25F3N4O2S2. The van der Waals surface area contributed by atoms with E-state index in [0.29, 0.717) is 24.2 Å². The molecule has 0 aliphatic heterocycles. The zero-order valence-corrected chi connectivity index (χ0v) is 19.2. The molecule has 0 saturated heterocycles. The minimum absolute atomic E-state index is 0.0300. The van der Waals surface area contributed by atoms with Crippen molar-refractivity contribution in [1.29, 1.82) is 0 Å². The number of alkyl halides is 3. The number of nitrogens with one attached hydrogen (secondary N) is 1. The Labute approximate surface area is 190 Å². The summed E-state index contributed by atoms with van der Waals surface area (Å²) in [5, 5.41) is 3.83. The molecule has 1 aromatic heterocycles. The Morgan fingerprint density at radius 3 is 2.59 bits per heavy atom. The molecule has 1 aromatic carbocycles. The van der Waals surface area contributed by atoms with Gasteiger partial charge in [-0.25, -0.2) is 13.4 Å². The molecule has 2 fully saturated rings. The maximum absolute atomic E-state index is 13.2. The van der Waals surface area contributed by atoms with E-state index in [-0.39, 0.29) is 16.8 Å². The summed E-state index contributed by atoms with van der Waals surface area (Å²) in [6.45, 7) is 3.04. The van der Waals surface area contributed by atoms with E-state index in [9.17, 15) is 21.6 Å². The highest BCUT2D eigenvalue weighted by Crippen LogP contribution is 2.39. The average molecular weight is 487 g/mol. The summed E-state index contributed by atoms with van der Waals surface area (Å²) in [5.74, 6) is -0.542. The molecule has 2 aliphatic carbocycles. The largest absolute Gasteiger partial charge is 0.416 e. The van der Waals surface area contributed by atoms with Crippen LogP contribution in [0.3, 0.4) is 0 Å². The molecule has 1 heterocycles. The van der Waals surface area contributed by atoms with Gasteiger partial charge in [0.25, 0.3) is 0 Å². The summed E-state index contributed by atoms with van der Waals surface area (Å²) < 4.78 is 67.1. The number of halogens is 3. The number of nitrogens with zero attached hydrogens (tertiary/aromatic N) is 3. The maximum atomic E-state index is 13.2. The Balaban J connectivity index is 1.58. The number of aromatic nitrogens is 2. The van der Waals surface area contributed by atoms with Gasteiger partial charge in [0.15, 0.2) is 5.11 Å². The zero-order valence-electron chi connectivity index (χ0n) is 17.6. The van der Waals surface area contributed by atoms with E-state index in [1.54, 1.807) is 10.8 Å². The van der Waals surface area contributed by atoms with Crippen LogP contribution < -0.4 is 5.32 Å². The summed E-state index contributed by atoms with van der Waals surface area (Å²) in [4.78, 5) is 6.16. The van der Waals surface area contributed by atoms with Crippen LogP contribution in [0.2, 0.25) is 0 Å². The molecule has 6 nitrogen and oxygen atoms in total. The van der Waals surface area contributed by atoms with Crippen LogP contribution >= 0.6 is 12.2 Å². The van der Waals surface area contributed by atoms with E-state index in [4.69, 9.17) is 12.2 Å². The molecule has 0 radical (unpaired) electrons. The Hall–Kier alpha value is -2.14. The van der Waals surface area contributed by atoms with Crippen LogP contribution in [0.5, 0.6) is 0 Å². The molecule has 0 amide bonds. The number of thiocarbonyl (C=S) groups is 1. The molecule has 32 heavy (non-hydrogen) atoms. The highest BCUT2D eigenvalue weighted by atomic mass is 32.2. The first-order valence-corrected chi connectivity index (χ1v) is 12.6. The lowest BCUT2D eigenvalue weighted by molar-refractivity contribution is -0.137. The molecule has 11 heteroatoms. The van der Waals surface area contributed by atoms with Crippen LogP contribution in [-0.4, -0.2) is 40.6 Å². The van der Waals surface area contributed by atoms with Gasteiger partial charge >= 0.3 is 6.18 Å². The molecule has 1 N–H and O–H groups in total. The van der Waals surface area contributed by atoms with Gasteiger partial charge in [0.1, 0.15) is 0 Å². The number of benzene rings is 1. The summed E-state index contributed by atoms with van der Waals surface area (Å²) in [6, 6.07) is 4.86. The fourth-order valence-electron chi connectivity index (χ4n) is 3.59.